The fourth-order valence-electron chi connectivity index (χ4n) is 1.20. The summed E-state index contributed by atoms with van der Waals surface area (Å²) in [5, 5.41) is 21.0. The van der Waals surface area contributed by atoms with E-state index in [1.165, 1.54) is 18.2 Å². The molecule has 1 aromatic rings. The molecule has 17 heavy (non-hydrogen) atoms. The van der Waals surface area contributed by atoms with Gasteiger partial charge in [-0.2, -0.15) is 0 Å². The second-order valence-electron chi connectivity index (χ2n) is 3.27. The zero-order valence-corrected chi connectivity index (χ0v) is 8.75. The second-order valence-corrected chi connectivity index (χ2v) is 3.27. The molecular formula is C10H10N2O5. The largest absolute Gasteiger partial charge is 0.480 e. The van der Waals surface area contributed by atoms with Crippen molar-refractivity contribution in [3.63, 3.8) is 0 Å². The molecule has 1 amide bonds. The molecule has 7 heteroatoms. The van der Waals surface area contributed by atoms with Gasteiger partial charge < -0.3 is 10.4 Å². The van der Waals surface area contributed by atoms with Crippen LogP contribution in [0.3, 0.4) is 0 Å². The summed E-state index contributed by atoms with van der Waals surface area (Å²) in [4.78, 5) is 31.4. The quantitative estimate of drug-likeness (QED) is 0.567. The van der Waals surface area contributed by atoms with Crippen molar-refractivity contribution in [1.82, 2.24) is 5.32 Å². The molecule has 7 nitrogen and oxygen atoms in total. The lowest BCUT2D eigenvalue weighted by atomic mass is 10.1. The highest BCUT2D eigenvalue weighted by molar-refractivity contribution is 5.82. The fraction of sp³-hybridized carbons (Fsp3) is 0.200. The van der Waals surface area contributed by atoms with Gasteiger partial charge in [0.25, 0.3) is 5.69 Å². The van der Waals surface area contributed by atoms with Crippen LogP contribution in [0.5, 0.6) is 0 Å². The van der Waals surface area contributed by atoms with Gasteiger partial charge in [0.15, 0.2) is 0 Å². The molecule has 0 saturated heterocycles. The number of hydrogen-bond acceptors (Lipinski definition) is 4. The first kappa shape index (κ1) is 12.6. The van der Waals surface area contributed by atoms with Crippen molar-refractivity contribution in [2.24, 2.45) is 0 Å². The number of benzene rings is 1. The zero-order chi connectivity index (χ0) is 12.8. The van der Waals surface area contributed by atoms with E-state index in [1.54, 1.807) is 6.07 Å². The van der Waals surface area contributed by atoms with Crippen LogP contribution in [-0.2, 0) is 16.0 Å². The number of rotatable bonds is 5. The van der Waals surface area contributed by atoms with Gasteiger partial charge in [0.05, 0.1) is 11.3 Å². The summed E-state index contributed by atoms with van der Waals surface area (Å²) >= 11 is 0. The van der Waals surface area contributed by atoms with Crippen LogP contribution in [0.25, 0.3) is 0 Å². The SMILES string of the molecule is O=C(O)CNC(=O)Cc1cccc([N+](=O)[O-])c1. The lowest BCUT2D eigenvalue weighted by Gasteiger charge is -2.02. The molecule has 0 aliphatic rings. The molecule has 0 aromatic heterocycles. The highest BCUT2D eigenvalue weighted by Gasteiger charge is 2.09. The summed E-state index contributed by atoms with van der Waals surface area (Å²) in [6.07, 6.45) is -0.0883. The highest BCUT2D eigenvalue weighted by atomic mass is 16.6. The van der Waals surface area contributed by atoms with E-state index in [9.17, 15) is 19.7 Å². The van der Waals surface area contributed by atoms with Gasteiger partial charge in [-0.1, -0.05) is 12.1 Å². The first-order valence-electron chi connectivity index (χ1n) is 4.71. The molecule has 0 spiro atoms. The molecule has 0 fully saturated rings. The van der Waals surface area contributed by atoms with E-state index < -0.39 is 23.3 Å². The van der Waals surface area contributed by atoms with Gasteiger partial charge in [-0.05, 0) is 5.56 Å². The van der Waals surface area contributed by atoms with Gasteiger partial charge in [-0.3, -0.25) is 19.7 Å². The molecule has 90 valence electrons. The normalized spacial score (nSPS) is 9.65. The van der Waals surface area contributed by atoms with E-state index >= 15 is 0 Å². The number of carbonyl (C=O) groups excluding carboxylic acids is 1. The van der Waals surface area contributed by atoms with Crippen molar-refractivity contribution >= 4 is 17.6 Å². The summed E-state index contributed by atoms with van der Waals surface area (Å²) in [5.41, 5.74) is 0.357. The predicted molar refractivity (Wildman–Crippen MR) is 57.4 cm³/mol. The summed E-state index contributed by atoms with van der Waals surface area (Å²) in [7, 11) is 0. The van der Waals surface area contributed by atoms with Crippen LogP contribution in [0, 0.1) is 10.1 Å². The Bertz CT molecular complexity index is 458. The van der Waals surface area contributed by atoms with Crippen molar-refractivity contribution in [3.8, 4) is 0 Å². The fourth-order valence-corrected chi connectivity index (χ4v) is 1.20. The molecule has 0 saturated carbocycles. The lowest BCUT2D eigenvalue weighted by molar-refractivity contribution is -0.384. The number of carboxylic acids is 1. The molecule has 0 heterocycles. The molecule has 1 aromatic carbocycles. The van der Waals surface area contributed by atoms with Crippen molar-refractivity contribution < 1.29 is 19.6 Å². The minimum absolute atomic E-state index is 0.0883. The Morgan fingerprint density at radius 3 is 2.71 bits per heavy atom. The molecule has 0 atom stereocenters. The van der Waals surface area contributed by atoms with Gasteiger partial charge in [0.1, 0.15) is 6.54 Å². The third-order valence-corrected chi connectivity index (χ3v) is 1.92. The monoisotopic (exact) mass is 238 g/mol. The zero-order valence-electron chi connectivity index (χ0n) is 8.75. The Kier molecular flexibility index (Phi) is 4.15. The van der Waals surface area contributed by atoms with E-state index in [0.717, 1.165) is 0 Å². The first-order valence-corrected chi connectivity index (χ1v) is 4.71. The molecule has 0 radical (unpaired) electrons. The number of nitrogens with zero attached hydrogens (tertiary/aromatic N) is 1. The van der Waals surface area contributed by atoms with Crippen LogP contribution in [-0.4, -0.2) is 28.5 Å². The number of carbonyl (C=O) groups is 2. The van der Waals surface area contributed by atoms with Crippen LogP contribution >= 0.6 is 0 Å². The maximum absolute atomic E-state index is 11.3. The van der Waals surface area contributed by atoms with E-state index in [1.807, 2.05) is 0 Å². The highest BCUT2D eigenvalue weighted by Crippen LogP contribution is 2.13. The minimum Gasteiger partial charge on any atom is -0.480 e. The summed E-state index contributed by atoms with van der Waals surface area (Å²) < 4.78 is 0. The second kappa shape index (κ2) is 5.59. The Morgan fingerprint density at radius 2 is 2.12 bits per heavy atom. The predicted octanol–water partition coefficient (Wildman–Crippen LogP) is 0.338. The smallest absolute Gasteiger partial charge is 0.322 e. The molecule has 0 aliphatic heterocycles. The van der Waals surface area contributed by atoms with Gasteiger partial charge in [-0.15, -0.1) is 0 Å². The number of nitro groups is 1. The van der Waals surface area contributed by atoms with E-state index in [-0.39, 0.29) is 12.1 Å². The summed E-state index contributed by atoms with van der Waals surface area (Å²) in [5.74, 6) is -1.63. The number of non-ortho nitro benzene ring substituents is 1. The lowest BCUT2D eigenvalue weighted by Crippen LogP contribution is -2.30. The molecule has 0 aliphatic carbocycles. The van der Waals surface area contributed by atoms with Crippen LogP contribution < -0.4 is 5.32 Å². The van der Waals surface area contributed by atoms with Gasteiger partial charge >= 0.3 is 5.97 Å². The van der Waals surface area contributed by atoms with Crippen molar-refractivity contribution in [3.05, 3.63) is 39.9 Å². The molecule has 2 N–H and O–H groups in total. The Balaban J connectivity index is 2.62. The molecule has 0 unspecified atom stereocenters. The van der Waals surface area contributed by atoms with Crippen LogP contribution in [0.1, 0.15) is 5.56 Å². The van der Waals surface area contributed by atoms with Gasteiger partial charge in [-0.25, -0.2) is 0 Å². The average Bonchev–Trinajstić information content (AvgIpc) is 2.26. The average molecular weight is 238 g/mol. The first-order chi connectivity index (χ1) is 7.99. The summed E-state index contributed by atoms with van der Waals surface area (Å²) in [6, 6.07) is 5.63. The van der Waals surface area contributed by atoms with E-state index in [0.29, 0.717) is 5.56 Å². The van der Waals surface area contributed by atoms with Gasteiger partial charge in [0.2, 0.25) is 5.91 Å². The minimum atomic E-state index is -1.14. The van der Waals surface area contributed by atoms with E-state index in [2.05, 4.69) is 5.32 Å². The van der Waals surface area contributed by atoms with Crippen LogP contribution in [0.2, 0.25) is 0 Å². The summed E-state index contributed by atoms with van der Waals surface area (Å²) in [6.45, 7) is -0.465. The number of nitro benzene ring substituents is 1. The maximum Gasteiger partial charge on any atom is 0.322 e. The molecule has 1 rings (SSSR count). The van der Waals surface area contributed by atoms with Crippen molar-refractivity contribution in [2.75, 3.05) is 6.54 Å². The number of nitrogens with one attached hydrogen (secondary N) is 1. The third-order valence-electron chi connectivity index (χ3n) is 1.92. The molecule has 0 bridgehead atoms. The van der Waals surface area contributed by atoms with Crippen LogP contribution in [0.15, 0.2) is 24.3 Å². The van der Waals surface area contributed by atoms with Gasteiger partial charge in [0, 0.05) is 12.1 Å². The number of amides is 1. The number of hydrogen-bond donors (Lipinski definition) is 2. The molecular weight excluding hydrogens is 228 g/mol. The number of aliphatic carboxylic acids is 1. The van der Waals surface area contributed by atoms with Crippen molar-refractivity contribution in [1.29, 1.82) is 0 Å². The maximum atomic E-state index is 11.3. The van der Waals surface area contributed by atoms with Crippen molar-refractivity contribution in [2.45, 2.75) is 6.42 Å². The number of carboxylic acid groups (broad SMARTS) is 1. The van der Waals surface area contributed by atoms with Crippen LogP contribution in [0.4, 0.5) is 5.69 Å². The topological polar surface area (TPSA) is 110 Å². The standard InChI is InChI=1S/C10H10N2O5/c13-9(11-6-10(14)15)5-7-2-1-3-8(4-7)12(16)17/h1-4H,5-6H2,(H,11,13)(H,14,15). The Labute approximate surface area is 96.2 Å². The Hall–Kier alpha value is -2.44. The Morgan fingerprint density at radius 1 is 1.41 bits per heavy atom. The van der Waals surface area contributed by atoms with E-state index in [4.69, 9.17) is 5.11 Å². The third kappa shape index (κ3) is 4.29.